The first-order valence-corrected chi connectivity index (χ1v) is 11.4. The average molecular weight is 416 g/mol. The number of aliphatic hydroxyl groups is 1. The minimum absolute atomic E-state index is 0.0457. The van der Waals surface area contributed by atoms with Gasteiger partial charge in [0, 0.05) is 32.0 Å². The molecule has 166 valence electrons. The van der Waals surface area contributed by atoms with Gasteiger partial charge in [0.2, 0.25) is 5.91 Å². The lowest BCUT2D eigenvalue weighted by atomic mass is 9.74. The first-order valence-electron chi connectivity index (χ1n) is 11.4. The van der Waals surface area contributed by atoms with Crippen LogP contribution >= 0.6 is 0 Å². The fourth-order valence-electron chi connectivity index (χ4n) is 5.14. The van der Waals surface area contributed by atoms with Crippen LogP contribution in [0.4, 0.5) is 4.79 Å². The topological polar surface area (TPSA) is 81.7 Å². The summed E-state index contributed by atoms with van der Waals surface area (Å²) in [7, 11) is 1.80. The third-order valence-electron chi connectivity index (χ3n) is 7.09. The van der Waals surface area contributed by atoms with Gasteiger partial charge in [-0.05, 0) is 44.1 Å². The molecular formula is C24H37N3O3. The van der Waals surface area contributed by atoms with Crippen LogP contribution in [-0.2, 0) is 10.2 Å². The summed E-state index contributed by atoms with van der Waals surface area (Å²) in [6.07, 6.45) is 7.97. The van der Waals surface area contributed by atoms with E-state index in [4.69, 9.17) is 0 Å². The minimum atomic E-state index is -0.574. The summed E-state index contributed by atoms with van der Waals surface area (Å²) in [5.41, 5.74) is 0.949. The van der Waals surface area contributed by atoms with E-state index in [9.17, 15) is 14.7 Å². The third kappa shape index (κ3) is 5.54. The second kappa shape index (κ2) is 10.3. The molecule has 0 spiro atoms. The van der Waals surface area contributed by atoms with Crippen molar-refractivity contribution < 1.29 is 14.7 Å². The molecule has 1 aromatic carbocycles. The molecule has 3 amide bonds. The number of benzene rings is 1. The highest BCUT2D eigenvalue weighted by Crippen LogP contribution is 2.39. The molecule has 0 unspecified atom stereocenters. The first kappa shape index (κ1) is 22.6. The Labute approximate surface area is 180 Å². The van der Waals surface area contributed by atoms with E-state index in [1.807, 2.05) is 18.2 Å². The number of nitrogens with one attached hydrogen (secondary N) is 2. The molecule has 2 fully saturated rings. The van der Waals surface area contributed by atoms with E-state index in [0.29, 0.717) is 19.4 Å². The number of carbonyl (C=O) groups excluding carboxylic acids is 2. The Morgan fingerprint density at radius 2 is 1.73 bits per heavy atom. The van der Waals surface area contributed by atoms with E-state index >= 15 is 0 Å². The van der Waals surface area contributed by atoms with E-state index in [1.165, 1.54) is 31.7 Å². The Morgan fingerprint density at radius 1 is 1.07 bits per heavy atom. The van der Waals surface area contributed by atoms with Crippen molar-refractivity contribution >= 4 is 11.9 Å². The fraction of sp³-hybridized carbons (Fsp3) is 0.667. The van der Waals surface area contributed by atoms with Crippen molar-refractivity contribution in [2.24, 2.45) is 0 Å². The Kier molecular flexibility index (Phi) is 7.75. The molecule has 1 aromatic rings. The quantitative estimate of drug-likeness (QED) is 0.645. The van der Waals surface area contributed by atoms with E-state index in [-0.39, 0.29) is 29.4 Å². The summed E-state index contributed by atoms with van der Waals surface area (Å²) in [5.74, 6) is -0.0457. The van der Waals surface area contributed by atoms with Crippen LogP contribution in [0.25, 0.3) is 0 Å². The third-order valence-corrected chi connectivity index (χ3v) is 7.09. The maximum atomic E-state index is 12.9. The molecule has 30 heavy (non-hydrogen) atoms. The van der Waals surface area contributed by atoms with Gasteiger partial charge in [-0.25, -0.2) is 4.79 Å². The highest BCUT2D eigenvalue weighted by molar-refractivity contribution is 5.74. The Bertz CT molecular complexity index is 705. The van der Waals surface area contributed by atoms with Crippen molar-refractivity contribution in [2.45, 2.75) is 88.3 Å². The molecule has 2 saturated carbocycles. The van der Waals surface area contributed by atoms with Gasteiger partial charge in [-0.3, -0.25) is 4.79 Å². The molecule has 0 aliphatic heterocycles. The van der Waals surface area contributed by atoms with Crippen LogP contribution < -0.4 is 10.6 Å². The monoisotopic (exact) mass is 415 g/mol. The zero-order chi connectivity index (χ0) is 21.6. The summed E-state index contributed by atoms with van der Waals surface area (Å²) >= 11 is 0. The van der Waals surface area contributed by atoms with Crippen LogP contribution in [0.5, 0.6) is 0 Å². The minimum Gasteiger partial charge on any atom is -0.391 e. The largest absolute Gasteiger partial charge is 0.391 e. The van der Waals surface area contributed by atoms with Crippen molar-refractivity contribution in [1.82, 2.24) is 15.5 Å². The number of likely N-dealkylation sites (N-methyl/N-ethyl adjacent to an activating group) is 1. The van der Waals surface area contributed by atoms with E-state index < -0.39 is 6.10 Å². The van der Waals surface area contributed by atoms with Crippen molar-refractivity contribution in [3.05, 3.63) is 35.9 Å². The van der Waals surface area contributed by atoms with Crippen molar-refractivity contribution in [1.29, 1.82) is 0 Å². The number of carbonyl (C=O) groups is 2. The molecule has 3 N–H and O–H groups in total. The van der Waals surface area contributed by atoms with Gasteiger partial charge in [0.05, 0.1) is 12.1 Å². The summed E-state index contributed by atoms with van der Waals surface area (Å²) in [6.45, 7) is 2.08. The first-order chi connectivity index (χ1) is 14.4. The van der Waals surface area contributed by atoms with Gasteiger partial charge < -0.3 is 20.6 Å². The molecule has 0 saturated heterocycles. The molecule has 0 heterocycles. The molecule has 6 nitrogen and oxygen atoms in total. The molecule has 0 aromatic heterocycles. The van der Waals surface area contributed by atoms with Crippen LogP contribution in [0.1, 0.15) is 70.3 Å². The highest BCUT2D eigenvalue weighted by atomic mass is 16.3. The van der Waals surface area contributed by atoms with E-state index in [1.54, 1.807) is 11.9 Å². The molecule has 0 radical (unpaired) electrons. The fourth-order valence-corrected chi connectivity index (χ4v) is 5.14. The molecule has 2 aliphatic carbocycles. The number of aliphatic hydroxyl groups excluding tert-OH is 1. The van der Waals surface area contributed by atoms with Gasteiger partial charge in [0.1, 0.15) is 0 Å². The van der Waals surface area contributed by atoms with Gasteiger partial charge in [0.25, 0.3) is 0 Å². The normalized spacial score (nSPS) is 27.7. The zero-order valence-corrected chi connectivity index (χ0v) is 18.4. The molecule has 3 atom stereocenters. The summed E-state index contributed by atoms with van der Waals surface area (Å²) < 4.78 is 0. The van der Waals surface area contributed by atoms with Crippen molar-refractivity contribution in [3.63, 3.8) is 0 Å². The molecule has 2 aliphatic rings. The van der Waals surface area contributed by atoms with E-state index in [0.717, 1.165) is 25.7 Å². The number of amides is 3. The predicted octanol–water partition coefficient (Wildman–Crippen LogP) is 3.34. The lowest BCUT2D eigenvalue weighted by Crippen LogP contribution is -2.51. The molecular weight excluding hydrogens is 378 g/mol. The van der Waals surface area contributed by atoms with Gasteiger partial charge in [0.15, 0.2) is 0 Å². The number of hydrogen-bond acceptors (Lipinski definition) is 3. The highest BCUT2D eigenvalue weighted by Gasteiger charge is 2.40. The lowest BCUT2D eigenvalue weighted by molar-refractivity contribution is -0.119. The Morgan fingerprint density at radius 3 is 2.40 bits per heavy atom. The van der Waals surface area contributed by atoms with Gasteiger partial charge in [-0.1, -0.05) is 49.6 Å². The lowest BCUT2D eigenvalue weighted by Gasteiger charge is -2.35. The van der Waals surface area contributed by atoms with Crippen molar-refractivity contribution in [3.8, 4) is 0 Å². The van der Waals surface area contributed by atoms with Crippen molar-refractivity contribution in [2.75, 3.05) is 13.6 Å². The molecule has 0 bridgehead atoms. The Balaban J connectivity index is 1.71. The summed E-state index contributed by atoms with van der Waals surface area (Å²) in [5, 5.41) is 17.1. The van der Waals surface area contributed by atoms with Gasteiger partial charge in [-0.15, -0.1) is 0 Å². The number of hydrogen-bond donors (Lipinski definition) is 3. The Hall–Kier alpha value is -2.08. The summed E-state index contributed by atoms with van der Waals surface area (Å²) in [4.78, 5) is 26.2. The molecule has 3 rings (SSSR count). The smallest absolute Gasteiger partial charge is 0.317 e. The van der Waals surface area contributed by atoms with Crippen LogP contribution in [0.15, 0.2) is 30.3 Å². The predicted molar refractivity (Wildman–Crippen MR) is 118 cm³/mol. The number of nitrogens with zero attached hydrogens (tertiary/aromatic N) is 1. The zero-order valence-electron chi connectivity index (χ0n) is 18.4. The molecule has 6 heteroatoms. The van der Waals surface area contributed by atoms with E-state index in [2.05, 4.69) is 22.8 Å². The second-order valence-electron chi connectivity index (χ2n) is 9.16. The second-order valence-corrected chi connectivity index (χ2v) is 9.16. The average Bonchev–Trinajstić information content (AvgIpc) is 2.93. The summed E-state index contributed by atoms with van der Waals surface area (Å²) in [6, 6.07) is 10.2. The van der Waals surface area contributed by atoms with Crippen LogP contribution in [-0.4, -0.2) is 53.7 Å². The number of rotatable bonds is 5. The SMILES string of the molecule is CC(=O)NC[C@]1(c2ccccc2)CC[C@H](O)[C@@H](N(C)C(=O)NC2CCCCC2)CC1. The van der Waals surface area contributed by atoms with Crippen LogP contribution in [0.2, 0.25) is 0 Å². The van der Waals surface area contributed by atoms with Crippen LogP contribution in [0.3, 0.4) is 0 Å². The van der Waals surface area contributed by atoms with Gasteiger partial charge >= 0.3 is 6.03 Å². The van der Waals surface area contributed by atoms with Gasteiger partial charge in [-0.2, -0.15) is 0 Å². The number of urea groups is 1. The van der Waals surface area contributed by atoms with Crippen LogP contribution in [0, 0.1) is 0 Å². The standard InChI is InChI=1S/C24H37N3O3/c1-18(28)25-17-24(19-9-5-3-6-10-19)15-13-21(22(29)14-16-24)27(2)23(30)26-20-11-7-4-8-12-20/h3,5-6,9-10,20-22,29H,4,7-8,11-17H2,1-2H3,(H,25,28)(H,26,30)/t21-,22-,24+/m0/s1. The maximum absolute atomic E-state index is 12.9. The maximum Gasteiger partial charge on any atom is 0.317 e.